The van der Waals surface area contributed by atoms with Crippen LogP contribution in [0, 0.1) is 11.3 Å². The molecule has 5 heteroatoms. The van der Waals surface area contributed by atoms with E-state index < -0.39 is 23.8 Å². The first-order valence-electron chi connectivity index (χ1n) is 4.15. The van der Waals surface area contributed by atoms with E-state index in [0.29, 0.717) is 6.08 Å². The molecule has 0 aliphatic heterocycles. The van der Waals surface area contributed by atoms with Gasteiger partial charge in [0.1, 0.15) is 5.41 Å². The van der Waals surface area contributed by atoms with Gasteiger partial charge in [-0.15, -0.1) is 6.58 Å². The first kappa shape index (κ1) is 13.4. The van der Waals surface area contributed by atoms with Gasteiger partial charge in [0.2, 0.25) is 0 Å². The van der Waals surface area contributed by atoms with E-state index in [1.165, 1.54) is 13.8 Å². The van der Waals surface area contributed by atoms with Crippen LogP contribution in [0.25, 0.3) is 0 Å². The van der Waals surface area contributed by atoms with E-state index >= 15 is 0 Å². The van der Waals surface area contributed by atoms with Crippen molar-refractivity contribution in [3.05, 3.63) is 12.7 Å². The molecule has 0 bridgehead atoms. The average Bonchev–Trinajstić information content (AvgIpc) is 2.02. The van der Waals surface area contributed by atoms with Gasteiger partial charge in [-0.25, -0.2) is 0 Å². The molecule has 0 rings (SSSR count). The highest BCUT2D eigenvalue weighted by Gasteiger charge is 2.59. The van der Waals surface area contributed by atoms with Crippen LogP contribution in [-0.4, -0.2) is 24.7 Å². The van der Waals surface area contributed by atoms with Gasteiger partial charge >= 0.3 is 6.18 Å². The van der Waals surface area contributed by atoms with Gasteiger partial charge in [-0.05, 0) is 5.92 Å². The van der Waals surface area contributed by atoms with E-state index in [-0.39, 0.29) is 0 Å². The number of ether oxygens (including phenoxy) is 1. The SMILES string of the molecule is C=CC(C(C)C)(C(O)OC)C(F)(F)F. The summed E-state index contributed by atoms with van der Waals surface area (Å²) in [6, 6.07) is 0. The number of hydrogen-bond acceptors (Lipinski definition) is 2. The lowest BCUT2D eigenvalue weighted by Gasteiger charge is -2.39. The van der Waals surface area contributed by atoms with Crippen molar-refractivity contribution in [3.8, 4) is 0 Å². The second-order valence-corrected chi connectivity index (χ2v) is 3.38. The Kier molecular flexibility index (Phi) is 4.15. The lowest BCUT2D eigenvalue weighted by molar-refractivity contribution is -0.295. The number of aliphatic hydroxyl groups is 1. The van der Waals surface area contributed by atoms with E-state index in [4.69, 9.17) is 0 Å². The largest absolute Gasteiger partial charge is 0.402 e. The molecule has 0 aromatic heterocycles. The standard InChI is InChI=1S/C9H15F3O2/c1-5-8(6(2)3,7(13)14-4)9(10,11)12/h5-7,13H,1H2,2-4H3. The third kappa shape index (κ3) is 1.93. The molecule has 0 aromatic carbocycles. The highest BCUT2D eigenvalue weighted by atomic mass is 19.4. The molecule has 0 saturated heterocycles. The molecule has 2 unspecified atom stereocenters. The van der Waals surface area contributed by atoms with E-state index in [0.717, 1.165) is 7.11 Å². The summed E-state index contributed by atoms with van der Waals surface area (Å²) in [5.41, 5.74) is -2.41. The molecule has 0 spiro atoms. The van der Waals surface area contributed by atoms with Gasteiger partial charge in [0.25, 0.3) is 0 Å². The van der Waals surface area contributed by atoms with Crippen LogP contribution in [0.5, 0.6) is 0 Å². The van der Waals surface area contributed by atoms with Crippen molar-refractivity contribution in [1.29, 1.82) is 0 Å². The Hall–Kier alpha value is -0.550. The molecule has 84 valence electrons. The maximum absolute atomic E-state index is 12.8. The second-order valence-electron chi connectivity index (χ2n) is 3.38. The minimum absolute atomic E-state index is 0.700. The third-order valence-corrected chi connectivity index (χ3v) is 2.42. The number of hydrogen-bond donors (Lipinski definition) is 1. The van der Waals surface area contributed by atoms with E-state index in [1.807, 2.05) is 0 Å². The second kappa shape index (κ2) is 4.31. The summed E-state index contributed by atoms with van der Waals surface area (Å²) in [5, 5.41) is 9.26. The van der Waals surface area contributed by atoms with Gasteiger partial charge in [0.05, 0.1) is 0 Å². The van der Waals surface area contributed by atoms with Crippen molar-refractivity contribution in [2.45, 2.75) is 26.3 Å². The Morgan fingerprint density at radius 2 is 1.79 bits per heavy atom. The van der Waals surface area contributed by atoms with E-state index in [1.54, 1.807) is 0 Å². The quantitative estimate of drug-likeness (QED) is 0.572. The van der Waals surface area contributed by atoms with Crippen LogP contribution in [0.3, 0.4) is 0 Å². The van der Waals surface area contributed by atoms with Crippen LogP contribution in [0.2, 0.25) is 0 Å². The summed E-state index contributed by atoms with van der Waals surface area (Å²) in [6.45, 7) is 5.85. The summed E-state index contributed by atoms with van der Waals surface area (Å²) < 4.78 is 42.6. The molecule has 2 atom stereocenters. The fourth-order valence-corrected chi connectivity index (χ4v) is 1.40. The Bertz CT molecular complexity index is 201. The summed E-state index contributed by atoms with van der Waals surface area (Å²) in [4.78, 5) is 0. The van der Waals surface area contributed by atoms with Crippen molar-refractivity contribution in [2.75, 3.05) is 7.11 Å². The number of rotatable bonds is 4. The zero-order valence-electron chi connectivity index (χ0n) is 8.43. The predicted molar refractivity (Wildman–Crippen MR) is 46.5 cm³/mol. The third-order valence-electron chi connectivity index (χ3n) is 2.42. The lowest BCUT2D eigenvalue weighted by Crippen LogP contribution is -2.50. The molecule has 0 aromatic rings. The van der Waals surface area contributed by atoms with Crippen LogP contribution in [0.1, 0.15) is 13.8 Å². The van der Waals surface area contributed by atoms with Crippen LogP contribution in [-0.2, 0) is 4.74 Å². The van der Waals surface area contributed by atoms with Gasteiger partial charge in [0, 0.05) is 7.11 Å². The Morgan fingerprint density at radius 1 is 1.36 bits per heavy atom. The highest BCUT2D eigenvalue weighted by molar-refractivity contribution is 5.04. The van der Waals surface area contributed by atoms with Gasteiger partial charge in [0.15, 0.2) is 6.29 Å². The molecule has 0 heterocycles. The first-order chi connectivity index (χ1) is 6.24. The Balaban J connectivity index is 5.31. The fraction of sp³-hybridized carbons (Fsp3) is 0.778. The molecular weight excluding hydrogens is 197 g/mol. The van der Waals surface area contributed by atoms with Crippen molar-refractivity contribution >= 4 is 0 Å². The molecule has 0 radical (unpaired) electrons. The molecule has 0 aliphatic carbocycles. The summed E-state index contributed by atoms with van der Waals surface area (Å²) in [6.07, 6.45) is -5.82. The van der Waals surface area contributed by atoms with Crippen molar-refractivity contribution < 1.29 is 23.0 Å². The van der Waals surface area contributed by atoms with E-state index in [2.05, 4.69) is 11.3 Å². The average molecular weight is 212 g/mol. The van der Waals surface area contributed by atoms with Gasteiger partial charge in [-0.2, -0.15) is 13.2 Å². The van der Waals surface area contributed by atoms with Gasteiger partial charge < -0.3 is 9.84 Å². The highest BCUT2D eigenvalue weighted by Crippen LogP contribution is 2.47. The Morgan fingerprint density at radius 3 is 1.86 bits per heavy atom. The van der Waals surface area contributed by atoms with Crippen LogP contribution < -0.4 is 0 Å². The number of aliphatic hydroxyl groups excluding tert-OH is 1. The molecule has 2 nitrogen and oxygen atoms in total. The molecule has 0 fully saturated rings. The lowest BCUT2D eigenvalue weighted by atomic mass is 9.76. The van der Waals surface area contributed by atoms with Crippen LogP contribution in [0.15, 0.2) is 12.7 Å². The normalized spacial score (nSPS) is 19.1. The minimum atomic E-state index is -4.58. The molecule has 0 aliphatic rings. The van der Waals surface area contributed by atoms with Crippen molar-refractivity contribution in [2.24, 2.45) is 11.3 Å². The minimum Gasteiger partial charge on any atom is -0.367 e. The first-order valence-corrected chi connectivity index (χ1v) is 4.15. The fourth-order valence-electron chi connectivity index (χ4n) is 1.40. The topological polar surface area (TPSA) is 29.5 Å². The summed E-state index contributed by atoms with van der Waals surface area (Å²) in [7, 11) is 1.02. The summed E-state index contributed by atoms with van der Waals surface area (Å²) in [5.74, 6) is -0.852. The predicted octanol–water partition coefficient (Wildman–Crippen LogP) is 2.34. The van der Waals surface area contributed by atoms with Gasteiger partial charge in [-0.3, -0.25) is 0 Å². The maximum atomic E-state index is 12.8. The monoisotopic (exact) mass is 212 g/mol. The maximum Gasteiger partial charge on any atom is 0.402 e. The van der Waals surface area contributed by atoms with Crippen LogP contribution in [0.4, 0.5) is 13.2 Å². The summed E-state index contributed by atoms with van der Waals surface area (Å²) >= 11 is 0. The zero-order chi connectivity index (χ0) is 11.6. The molecular formula is C9H15F3O2. The smallest absolute Gasteiger partial charge is 0.367 e. The van der Waals surface area contributed by atoms with Crippen LogP contribution >= 0.6 is 0 Å². The molecule has 14 heavy (non-hydrogen) atoms. The number of alkyl halides is 3. The van der Waals surface area contributed by atoms with Gasteiger partial charge in [-0.1, -0.05) is 19.9 Å². The molecule has 0 amide bonds. The van der Waals surface area contributed by atoms with Crippen molar-refractivity contribution in [1.82, 2.24) is 0 Å². The Labute approximate surface area is 81.4 Å². The van der Waals surface area contributed by atoms with E-state index in [9.17, 15) is 18.3 Å². The zero-order valence-corrected chi connectivity index (χ0v) is 8.43. The number of halogens is 3. The number of methoxy groups -OCH3 is 1. The molecule has 1 N–H and O–H groups in total. The van der Waals surface area contributed by atoms with Crippen molar-refractivity contribution in [3.63, 3.8) is 0 Å². The molecule has 0 saturated carbocycles.